The Labute approximate surface area is 177 Å². The summed E-state index contributed by atoms with van der Waals surface area (Å²) < 4.78 is 12.7. The highest BCUT2D eigenvalue weighted by molar-refractivity contribution is 5.93. The fraction of sp³-hybridized carbons (Fsp3) is 0.391. The van der Waals surface area contributed by atoms with Gasteiger partial charge in [-0.3, -0.25) is 9.78 Å². The Morgan fingerprint density at radius 2 is 1.87 bits per heavy atom. The number of hydrogen-bond acceptors (Lipinski definition) is 5. The predicted molar refractivity (Wildman–Crippen MR) is 119 cm³/mol. The summed E-state index contributed by atoms with van der Waals surface area (Å²) in [4.78, 5) is 19.4. The van der Waals surface area contributed by atoms with Crippen LogP contribution in [0.5, 0.6) is 11.5 Å². The number of ether oxygens (including phenoxy) is 2. The van der Waals surface area contributed by atoms with Crippen molar-refractivity contribution in [3.63, 3.8) is 0 Å². The lowest BCUT2D eigenvalue weighted by molar-refractivity contribution is -0.121. The van der Waals surface area contributed by atoms with E-state index < -0.39 is 0 Å². The van der Waals surface area contributed by atoms with Crippen LogP contribution in [0.25, 0.3) is 22.2 Å². The van der Waals surface area contributed by atoms with Gasteiger partial charge in [0.15, 0.2) is 11.5 Å². The van der Waals surface area contributed by atoms with Gasteiger partial charge >= 0.3 is 0 Å². The predicted octanol–water partition coefficient (Wildman–Crippen LogP) is 3.18. The van der Waals surface area contributed by atoms with E-state index in [9.17, 15) is 4.79 Å². The maximum absolute atomic E-state index is 12.5. The number of benzene rings is 1. The first kappa shape index (κ1) is 21.6. The lowest BCUT2D eigenvalue weighted by Gasteiger charge is -2.18. The van der Waals surface area contributed by atoms with Crippen molar-refractivity contribution < 1.29 is 14.3 Å². The van der Waals surface area contributed by atoms with Gasteiger partial charge in [0.25, 0.3) is 0 Å². The minimum Gasteiger partial charge on any atom is -0.493 e. The molecule has 30 heavy (non-hydrogen) atoms. The van der Waals surface area contributed by atoms with Crippen molar-refractivity contribution in [2.45, 2.75) is 20.4 Å². The van der Waals surface area contributed by atoms with E-state index in [1.807, 2.05) is 41.1 Å². The van der Waals surface area contributed by atoms with Crippen LogP contribution in [0.3, 0.4) is 0 Å². The molecule has 0 unspecified atom stereocenters. The molecule has 160 valence electrons. The topological polar surface area (TPSA) is 68.6 Å². The number of amides is 1. The molecule has 1 aromatic carbocycles. The van der Waals surface area contributed by atoms with Crippen LogP contribution in [0.1, 0.15) is 13.8 Å². The van der Waals surface area contributed by atoms with E-state index in [4.69, 9.17) is 9.47 Å². The Morgan fingerprint density at radius 1 is 1.10 bits per heavy atom. The number of hydrogen-bond donors (Lipinski definition) is 1. The first-order valence-electron chi connectivity index (χ1n) is 10.3. The number of nitrogens with one attached hydrogen (secondary N) is 1. The summed E-state index contributed by atoms with van der Waals surface area (Å²) in [5, 5.41) is 4.05. The van der Waals surface area contributed by atoms with Crippen LogP contribution in [0.15, 0.2) is 42.7 Å². The van der Waals surface area contributed by atoms with Crippen LogP contribution >= 0.6 is 0 Å². The molecule has 0 saturated heterocycles. The summed E-state index contributed by atoms with van der Waals surface area (Å²) in [6, 6.07) is 9.67. The van der Waals surface area contributed by atoms with E-state index in [2.05, 4.69) is 29.0 Å². The number of methoxy groups -OCH3 is 2. The van der Waals surface area contributed by atoms with Crippen molar-refractivity contribution in [2.75, 3.05) is 40.4 Å². The minimum absolute atomic E-state index is 0.0122. The highest BCUT2D eigenvalue weighted by atomic mass is 16.5. The number of nitrogens with zero attached hydrogens (tertiary/aromatic N) is 3. The van der Waals surface area contributed by atoms with Gasteiger partial charge in [-0.15, -0.1) is 0 Å². The molecule has 2 heterocycles. The molecule has 0 bridgehead atoms. The standard InChI is InChI=1S/C23H30N4O3/c1-5-26(6-2)14-12-24-21(28)16-27-13-10-17-9-11-25-22(23(17)27)18-7-8-19(29-3)20(15-18)30-4/h7-11,13,15H,5-6,12,14,16H2,1-4H3,(H,24,28). The number of fused-ring (bicyclic) bond motifs is 1. The summed E-state index contributed by atoms with van der Waals surface area (Å²) >= 11 is 0. The van der Waals surface area contributed by atoms with Gasteiger partial charge in [0.2, 0.25) is 5.91 Å². The summed E-state index contributed by atoms with van der Waals surface area (Å²) in [7, 11) is 3.22. The zero-order valence-corrected chi connectivity index (χ0v) is 18.1. The van der Waals surface area contributed by atoms with Crippen LogP contribution in [-0.2, 0) is 11.3 Å². The van der Waals surface area contributed by atoms with Gasteiger partial charge in [0.1, 0.15) is 6.54 Å². The molecule has 3 rings (SSSR count). The lowest BCUT2D eigenvalue weighted by atomic mass is 10.1. The maximum Gasteiger partial charge on any atom is 0.239 e. The second-order valence-electron chi connectivity index (χ2n) is 6.99. The molecular weight excluding hydrogens is 380 g/mol. The fourth-order valence-electron chi connectivity index (χ4n) is 3.58. The van der Waals surface area contributed by atoms with Crippen molar-refractivity contribution in [3.8, 4) is 22.8 Å². The number of likely N-dealkylation sites (N-methyl/N-ethyl adjacent to an activating group) is 1. The van der Waals surface area contributed by atoms with Crippen LogP contribution in [0, 0.1) is 0 Å². The van der Waals surface area contributed by atoms with E-state index in [0.29, 0.717) is 18.0 Å². The van der Waals surface area contributed by atoms with Crippen LogP contribution in [-0.4, -0.2) is 60.8 Å². The van der Waals surface area contributed by atoms with Gasteiger partial charge in [-0.1, -0.05) is 13.8 Å². The third kappa shape index (κ3) is 4.74. The fourth-order valence-corrected chi connectivity index (χ4v) is 3.58. The summed E-state index contributed by atoms with van der Waals surface area (Å²) in [5.41, 5.74) is 2.62. The minimum atomic E-state index is -0.0122. The molecule has 7 nitrogen and oxygen atoms in total. The Kier molecular flexibility index (Phi) is 7.30. The smallest absolute Gasteiger partial charge is 0.239 e. The SMILES string of the molecule is CCN(CC)CCNC(=O)Cn1ccc2ccnc(-c3ccc(OC)c(OC)c3)c21. The molecule has 0 aliphatic rings. The molecule has 7 heteroatoms. The Hall–Kier alpha value is -3.06. The Bertz CT molecular complexity index is 995. The van der Waals surface area contributed by atoms with Gasteiger partial charge in [0.05, 0.1) is 25.4 Å². The van der Waals surface area contributed by atoms with Crippen molar-refractivity contribution in [2.24, 2.45) is 0 Å². The molecule has 0 aliphatic carbocycles. The number of rotatable bonds is 10. The number of carbonyl (C=O) groups is 1. The molecule has 0 fully saturated rings. The van der Waals surface area contributed by atoms with E-state index in [0.717, 1.165) is 41.8 Å². The van der Waals surface area contributed by atoms with Crippen molar-refractivity contribution in [3.05, 3.63) is 42.7 Å². The monoisotopic (exact) mass is 410 g/mol. The van der Waals surface area contributed by atoms with Gasteiger partial charge in [0, 0.05) is 36.4 Å². The molecule has 0 atom stereocenters. The first-order chi connectivity index (χ1) is 14.6. The van der Waals surface area contributed by atoms with Gasteiger partial charge in [-0.05, 0) is 43.4 Å². The average molecular weight is 411 g/mol. The highest BCUT2D eigenvalue weighted by Crippen LogP contribution is 2.34. The first-order valence-corrected chi connectivity index (χ1v) is 10.3. The number of aromatic nitrogens is 2. The maximum atomic E-state index is 12.5. The molecule has 0 saturated carbocycles. The molecule has 1 N–H and O–H groups in total. The van der Waals surface area contributed by atoms with Crippen molar-refractivity contribution in [1.29, 1.82) is 0 Å². The molecule has 0 radical (unpaired) electrons. The Morgan fingerprint density at radius 3 is 2.57 bits per heavy atom. The second kappa shape index (κ2) is 10.1. The van der Waals surface area contributed by atoms with Crippen molar-refractivity contribution >= 4 is 16.8 Å². The average Bonchev–Trinajstić information content (AvgIpc) is 3.19. The van der Waals surface area contributed by atoms with Crippen molar-refractivity contribution in [1.82, 2.24) is 19.8 Å². The number of pyridine rings is 1. The summed E-state index contributed by atoms with van der Waals surface area (Å²) in [5.74, 6) is 1.29. The summed E-state index contributed by atoms with van der Waals surface area (Å²) in [6.07, 6.45) is 3.71. The van der Waals surface area contributed by atoms with Gasteiger partial charge < -0.3 is 24.3 Å². The largest absolute Gasteiger partial charge is 0.493 e. The van der Waals surface area contributed by atoms with Crippen LogP contribution in [0.4, 0.5) is 0 Å². The zero-order chi connectivity index (χ0) is 21.5. The van der Waals surface area contributed by atoms with E-state index in [-0.39, 0.29) is 12.5 Å². The van der Waals surface area contributed by atoms with Crippen LogP contribution < -0.4 is 14.8 Å². The second-order valence-corrected chi connectivity index (χ2v) is 6.99. The molecule has 2 aromatic heterocycles. The molecule has 3 aromatic rings. The quantitative estimate of drug-likeness (QED) is 0.556. The van der Waals surface area contributed by atoms with E-state index in [1.165, 1.54) is 0 Å². The van der Waals surface area contributed by atoms with Crippen LogP contribution in [0.2, 0.25) is 0 Å². The molecule has 1 amide bonds. The third-order valence-electron chi connectivity index (χ3n) is 5.29. The molecule has 0 spiro atoms. The Balaban J connectivity index is 1.84. The zero-order valence-electron chi connectivity index (χ0n) is 18.1. The van der Waals surface area contributed by atoms with E-state index in [1.54, 1.807) is 20.4 Å². The van der Waals surface area contributed by atoms with Gasteiger partial charge in [-0.25, -0.2) is 0 Å². The summed E-state index contributed by atoms with van der Waals surface area (Å²) in [6.45, 7) is 7.95. The molecular formula is C23H30N4O3. The lowest BCUT2D eigenvalue weighted by Crippen LogP contribution is -2.36. The highest BCUT2D eigenvalue weighted by Gasteiger charge is 2.14. The number of carbonyl (C=O) groups excluding carboxylic acids is 1. The van der Waals surface area contributed by atoms with E-state index >= 15 is 0 Å². The normalized spacial score (nSPS) is 11.1. The van der Waals surface area contributed by atoms with Gasteiger partial charge in [-0.2, -0.15) is 0 Å². The molecule has 0 aliphatic heterocycles. The third-order valence-corrected chi connectivity index (χ3v) is 5.29.